The van der Waals surface area contributed by atoms with Crippen molar-refractivity contribution in [2.24, 2.45) is 23.2 Å². The molecule has 6 heteroatoms. The fourth-order valence-corrected chi connectivity index (χ4v) is 7.41. The highest BCUT2D eigenvalue weighted by molar-refractivity contribution is 7.15. The maximum absolute atomic E-state index is 13.1. The highest BCUT2D eigenvalue weighted by Crippen LogP contribution is 2.60. The molecule has 5 nitrogen and oxygen atoms in total. The summed E-state index contributed by atoms with van der Waals surface area (Å²) in [6, 6.07) is 7.50. The summed E-state index contributed by atoms with van der Waals surface area (Å²) in [5.41, 5.74) is 2.54. The lowest BCUT2D eigenvalue weighted by atomic mass is 9.49. The number of anilines is 1. The molecule has 4 aliphatic carbocycles. The summed E-state index contributed by atoms with van der Waals surface area (Å²) in [5.74, 6) is 2.40. The molecule has 4 aliphatic rings. The van der Waals surface area contributed by atoms with E-state index in [2.05, 4.69) is 22.5 Å². The topological polar surface area (TPSA) is 71.1 Å². The molecule has 4 saturated carbocycles. The molecule has 0 unspecified atom stereocenters. The van der Waals surface area contributed by atoms with Gasteiger partial charge in [0.15, 0.2) is 5.13 Å². The molecular weight excluding hydrogens is 406 g/mol. The minimum Gasteiger partial charge on any atom is -0.352 e. The summed E-state index contributed by atoms with van der Waals surface area (Å²) in [5, 5.41) is 6.75. The number of hydrogen-bond acceptors (Lipinski definition) is 4. The number of aryl methyl sites for hydroxylation is 2. The van der Waals surface area contributed by atoms with Crippen LogP contribution in [0.25, 0.3) is 0 Å². The predicted octanol–water partition coefficient (Wildman–Crippen LogP) is 5.10. The first-order valence-corrected chi connectivity index (χ1v) is 12.4. The number of benzene rings is 1. The molecule has 1 aromatic heterocycles. The Morgan fingerprint density at radius 1 is 1.06 bits per heavy atom. The second kappa shape index (κ2) is 8.05. The average Bonchev–Trinajstić information content (AvgIpc) is 3.10. The van der Waals surface area contributed by atoms with Crippen molar-refractivity contribution in [3.05, 3.63) is 46.0 Å². The van der Waals surface area contributed by atoms with Crippen LogP contribution in [0.2, 0.25) is 0 Å². The highest BCUT2D eigenvalue weighted by Gasteiger charge is 2.54. The van der Waals surface area contributed by atoms with Gasteiger partial charge in [-0.25, -0.2) is 4.98 Å². The van der Waals surface area contributed by atoms with E-state index in [9.17, 15) is 9.59 Å². The maximum Gasteiger partial charge on any atom is 0.257 e. The van der Waals surface area contributed by atoms with Gasteiger partial charge in [-0.1, -0.05) is 19.1 Å². The second-order valence-corrected chi connectivity index (χ2v) is 11.1. The zero-order valence-electron chi connectivity index (χ0n) is 18.4. The Morgan fingerprint density at radius 2 is 1.68 bits per heavy atom. The summed E-state index contributed by atoms with van der Waals surface area (Å²) in [6.07, 6.45) is 8.14. The van der Waals surface area contributed by atoms with E-state index in [0.29, 0.717) is 17.2 Å². The van der Waals surface area contributed by atoms with Gasteiger partial charge >= 0.3 is 0 Å². The van der Waals surface area contributed by atoms with E-state index < -0.39 is 0 Å². The maximum atomic E-state index is 13.1. The molecule has 4 fully saturated rings. The summed E-state index contributed by atoms with van der Waals surface area (Å²) in [7, 11) is 0. The quantitative estimate of drug-likeness (QED) is 0.661. The van der Waals surface area contributed by atoms with Gasteiger partial charge in [0, 0.05) is 22.4 Å². The van der Waals surface area contributed by atoms with E-state index in [-0.39, 0.29) is 17.2 Å². The van der Waals surface area contributed by atoms with Crippen molar-refractivity contribution in [1.82, 2.24) is 10.3 Å². The van der Waals surface area contributed by atoms with E-state index in [1.807, 2.05) is 31.2 Å². The van der Waals surface area contributed by atoms with Gasteiger partial charge in [-0.05, 0) is 87.3 Å². The van der Waals surface area contributed by atoms with E-state index >= 15 is 0 Å². The molecule has 2 N–H and O–H groups in total. The molecule has 0 radical (unpaired) electrons. The molecule has 1 aromatic carbocycles. The van der Waals surface area contributed by atoms with Crippen molar-refractivity contribution in [2.45, 2.75) is 65.3 Å². The van der Waals surface area contributed by atoms with Crippen LogP contribution in [-0.2, 0) is 17.8 Å². The fraction of sp³-hybridized carbons (Fsp3) is 0.560. The summed E-state index contributed by atoms with van der Waals surface area (Å²) >= 11 is 1.51. The Morgan fingerprint density at radius 3 is 2.23 bits per heavy atom. The largest absolute Gasteiger partial charge is 0.352 e. The van der Waals surface area contributed by atoms with Gasteiger partial charge in [-0.2, -0.15) is 0 Å². The number of amides is 2. The van der Waals surface area contributed by atoms with Gasteiger partial charge < -0.3 is 5.32 Å². The lowest BCUT2D eigenvalue weighted by Gasteiger charge is -2.55. The number of thiazole rings is 1. The summed E-state index contributed by atoms with van der Waals surface area (Å²) < 4.78 is 0. The third-order valence-electron chi connectivity index (χ3n) is 7.64. The number of carbonyl (C=O) groups is 2. The second-order valence-electron chi connectivity index (χ2n) is 9.91. The van der Waals surface area contributed by atoms with Crippen molar-refractivity contribution in [1.29, 1.82) is 0 Å². The molecule has 4 bridgehead atoms. The summed E-state index contributed by atoms with van der Waals surface area (Å²) in [6.45, 7) is 4.61. The normalized spacial score (nSPS) is 28.5. The number of aromatic nitrogens is 1. The zero-order valence-corrected chi connectivity index (χ0v) is 19.2. The number of nitrogens with zero attached hydrogens (tertiary/aromatic N) is 1. The molecule has 0 spiro atoms. The number of rotatable bonds is 6. The van der Waals surface area contributed by atoms with E-state index in [1.54, 1.807) is 0 Å². The van der Waals surface area contributed by atoms with Crippen LogP contribution < -0.4 is 10.6 Å². The molecule has 2 aromatic rings. The van der Waals surface area contributed by atoms with Crippen molar-refractivity contribution >= 4 is 28.3 Å². The Bertz CT molecular complexity index is 959. The van der Waals surface area contributed by atoms with Crippen molar-refractivity contribution in [3.63, 3.8) is 0 Å². The van der Waals surface area contributed by atoms with E-state index in [4.69, 9.17) is 0 Å². The van der Waals surface area contributed by atoms with Crippen LogP contribution in [0, 0.1) is 30.1 Å². The first kappa shape index (κ1) is 20.7. The minimum atomic E-state index is -0.152. The SMILES string of the molecule is CCc1nc(NC(=O)c2ccc(CNC(=O)C34CC5CC(CC(C5)C3)C4)cc2)sc1C. The smallest absolute Gasteiger partial charge is 0.257 e. The van der Waals surface area contributed by atoms with Crippen molar-refractivity contribution in [3.8, 4) is 0 Å². The molecule has 0 aliphatic heterocycles. The Balaban J connectivity index is 1.18. The highest BCUT2D eigenvalue weighted by atomic mass is 32.1. The standard InChI is InChI=1S/C25H31N3O2S/c1-3-21-15(2)31-24(27-21)28-22(29)20-6-4-16(5-7-20)14-26-23(30)25-11-17-8-18(12-25)10-19(9-17)13-25/h4-7,17-19H,3,8-14H2,1-2H3,(H,26,30)(H,27,28,29). The molecule has 0 saturated heterocycles. The van der Waals surface area contributed by atoms with Crippen LogP contribution in [0.15, 0.2) is 24.3 Å². The van der Waals surface area contributed by atoms with Crippen LogP contribution in [0.3, 0.4) is 0 Å². The predicted molar refractivity (Wildman–Crippen MR) is 123 cm³/mol. The van der Waals surface area contributed by atoms with E-state index in [0.717, 1.165) is 59.6 Å². The van der Waals surface area contributed by atoms with Gasteiger partial charge in [0.1, 0.15) is 0 Å². The lowest BCUT2D eigenvalue weighted by Crippen LogP contribution is -2.53. The molecule has 2 amide bonds. The first-order valence-electron chi connectivity index (χ1n) is 11.6. The van der Waals surface area contributed by atoms with Crippen LogP contribution in [0.4, 0.5) is 5.13 Å². The van der Waals surface area contributed by atoms with Gasteiger partial charge in [-0.3, -0.25) is 14.9 Å². The van der Waals surface area contributed by atoms with Crippen LogP contribution in [-0.4, -0.2) is 16.8 Å². The molecule has 0 atom stereocenters. The summed E-state index contributed by atoms with van der Waals surface area (Å²) in [4.78, 5) is 31.3. The Hall–Kier alpha value is -2.21. The number of nitrogens with one attached hydrogen (secondary N) is 2. The molecule has 6 rings (SSSR count). The molecule has 31 heavy (non-hydrogen) atoms. The van der Waals surface area contributed by atoms with Crippen LogP contribution in [0.1, 0.15) is 71.9 Å². The molecule has 164 valence electrons. The monoisotopic (exact) mass is 437 g/mol. The fourth-order valence-electron chi connectivity index (χ4n) is 6.51. The number of hydrogen-bond donors (Lipinski definition) is 2. The average molecular weight is 438 g/mol. The van der Waals surface area contributed by atoms with Crippen molar-refractivity contribution < 1.29 is 9.59 Å². The van der Waals surface area contributed by atoms with Gasteiger partial charge in [0.2, 0.25) is 5.91 Å². The van der Waals surface area contributed by atoms with Gasteiger partial charge in [0.25, 0.3) is 5.91 Å². The Kier molecular flexibility index (Phi) is 5.37. The van der Waals surface area contributed by atoms with Crippen molar-refractivity contribution in [2.75, 3.05) is 5.32 Å². The van der Waals surface area contributed by atoms with Crippen LogP contribution in [0.5, 0.6) is 0 Å². The zero-order chi connectivity index (χ0) is 21.6. The third kappa shape index (κ3) is 4.02. The Labute approximate surface area is 188 Å². The van der Waals surface area contributed by atoms with Gasteiger partial charge in [-0.15, -0.1) is 11.3 Å². The molecule has 1 heterocycles. The lowest BCUT2D eigenvalue weighted by molar-refractivity contribution is -0.146. The molecular formula is C25H31N3O2S. The number of carbonyl (C=O) groups excluding carboxylic acids is 2. The van der Waals surface area contributed by atoms with Gasteiger partial charge in [0.05, 0.1) is 5.69 Å². The minimum absolute atomic E-state index is 0.113. The first-order chi connectivity index (χ1) is 14.9. The third-order valence-corrected chi connectivity index (χ3v) is 8.57. The van der Waals surface area contributed by atoms with Crippen LogP contribution >= 0.6 is 11.3 Å². The van der Waals surface area contributed by atoms with E-state index in [1.165, 1.54) is 30.6 Å².